The Labute approximate surface area is 197 Å². The van der Waals surface area contributed by atoms with Crippen LogP contribution in [0.2, 0.25) is 0 Å². The SMILES string of the molecule is CN=C(NCCOc1ccccc1C)N1CCN(C(C)C(=O)N2CCCC2)CC1.I. The number of likely N-dealkylation sites (tertiary alicyclic amines) is 1. The van der Waals surface area contributed by atoms with Crippen molar-refractivity contribution in [2.24, 2.45) is 4.99 Å². The maximum absolute atomic E-state index is 12.7. The minimum absolute atomic E-state index is 0. The van der Waals surface area contributed by atoms with Crippen LogP contribution < -0.4 is 10.1 Å². The zero-order valence-electron chi connectivity index (χ0n) is 18.5. The molecule has 1 amide bonds. The van der Waals surface area contributed by atoms with Crippen molar-refractivity contribution in [3.63, 3.8) is 0 Å². The van der Waals surface area contributed by atoms with Crippen molar-refractivity contribution in [3.8, 4) is 5.75 Å². The molecule has 8 heteroatoms. The summed E-state index contributed by atoms with van der Waals surface area (Å²) >= 11 is 0. The van der Waals surface area contributed by atoms with E-state index in [-0.39, 0.29) is 35.9 Å². The Hall–Kier alpha value is -1.55. The molecule has 0 bridgehead atoms. The summed E-state index contributed by atoms with van der Waals surface area (Å²) < 4.78 is 5.86. The minimum Gasteiger partial charge on any atom is -0.491 e. The molecule has 1 atom stereocenters. The van der Waals surface area contributed by atoms with Gasteiger partial charge in [0, 0.05) is 46.3 Å². The van der Waals surface area contributed by atoms with Crippen molar-refractivity contribution in [3.05, 3.63) is 29.8 Å². The minimum atomic E-state index is -0.0345. The molecule has 30 heavy (non-hydrogen) atoms. The first-order valence-electron chi connectivity index (χ1n) is 10.8. The molecule has 0 radical (unpaired) electrons. The Kier molecular flexibility index (Phi) is 10.2. The molecule has 1 unspecified atom stereocenters. The van der Waals surface area contributed by atoms with Gasteiger partial charge in [0.05, 0.1) is 12.6 Å². The average molecular weight is 529 g/mol. The number of nitrogens with zero attached hydrogens (tertiary/aromatic N) is 4. The Balaban J connectivity index is 0.00000320. The van der Waals surface area contributed by atoms with E-state index in [9.17, 15) is 4.79 Å². The summed E-state index contributed by atoms with van der Waals surface area (Å²) in [6.45, 7) is 10.7. The van der Waals surface area contributed by atoms with Gasteiger partial charge in [-0.15, -0.1) is 24.0 Å². The Morgan fingerprint density at radius 2 is 1.77 bits per heavy atom. The predicted molar refractivity (Wildman–Crippen MR) is 132 cm³/mol. The number of carbonyl (C=O) groups is 1. The van der Waals surface area contributed by atoms with E-state index < -0.39 is 0 Å². The number of benzene rings is 1. The number of para-hydroxylation sites is 1. The highest BCUT2D eigenvalue weighted by Crippen LogP contribution is 2.16. The lowest BCUT2D eigenvalue weighted by atomic mass is 10.2. The molecule has 2 saturated heterocycles. The van der Waals surface area contributed by atoms with E-state index in [1.54, 1.807) is 0 Å². The number of piperazine rings is 1. The van der Waals surface area contributed by atoms with Gasteiger partial charge in [-0.05, 0) is 38.3 Å². The number of ether oxygens (including phenoxy) is 1. The van der Waals surface area contributed by atoms with E-state index in [0.29, 0.717) is 13.2 Å². The molecule has 0 spiro atoms. The molecule has 2 aliphatic rings. The summed E-state index contributed by atoms with van der Waals surface area (Å²) in [7, 11) is 1.82. The summed E-state index contributed by atoms with van der Waals surface area (Å²) in [4.78, 5) is 23.7. The number of hydrogen-bond donors (Lipinski definition) is 1. The van der Waals surface area contributed by atoms with Gasteiger partial charge in [0.15, 0.2) is 5.96 Å². The lowest BCUT2D eigenvalue weighted by molar-refractivity contribution is -0.135. The molecule has 1 aromatic rings. The fraction of sp³-hybridized carbons (Fsp3) is 0.636. The molecule has 2 fully saturated rings. The zero-order valence-corrected chi connectivity index (χ0v) is 20.8. The molecular weight excluding hydrogens is 493 g/mol. The molecule has 0 saturated carbocycles. The normalized spacial score (nSPS) is 18.7. The Morgan fingerprint density at radius 3 is 2.40 bits per heavy atom. The number of hydrogen-bond acceptors (Lipinski definition) is 4. The number of halogens is 1. The zero-order chi connectivity index (χ0) is 20.6. The molecule has 0 aliphatic carbocycles. The van der Waals surface area contributed by atoms with Crippen molar-refractivity contribution < 1.29 is 9.53 Å². The largest absolute Gasteiger partial charge is 0.491 e. The van der Waals surface area contributed by atoms with Crippen LogP contribution in [0.5, 0.6) is 5.75 Å². The smallest absolute Gasteiger partial charge is 0.239 e. The number of rotatable bonds is 6. The van der Waals surface area contributed by atoms with Crippen LogP contribution in [0.15, 0.2) is 29.3 Å². The first kappa shape index (κ1) is 24.7. The quantitative estimate of drug-likeness (QED) is 0.265. The van der Waals surface area contributed by atoms with E-state index >= 15 is 0 Å². The number of amides is 1. The van der Waals surface area contributed by atoms with Crippen LogP contribution in [0.1, 0.15) is 25.3 Å². The third kappa shape index (κ3) is 6.47. The van der Waals surface area contributed by atoms with Crippen LogP contribution in [-0.2, 0) is 4.79 Å². The number of aryl methyl sites for hydroxylation is 1. The predicted octanol–water partition coefficient (Wildman–Crippen LogP) is 2.20. The summed E-state index contributed by atoms with van der Waals surface area (Å²) in [5.74, 6) is 2.11. The van der Waals surface area contributed by atoms with Gasteiger partial charge in [0.25, 0.3) is 0 Å². The molecule has 3 rings (SSSR count). The van der Waals surface area contributed by atoms with E-state index in [1.165, 1.54) is 0 Å². The highest BCUT2D eigenvalue weighted by Gasteiger charge is 2.30. The number of nitrogens with one attached hydrogen (secondary N) is 1. The summed E-state index contributed by atoms with van der Waals surface area (Å²) in [5.41, 5.74) is 1.14. The van der Waals surface area contributed by atoms with E-state index in [0.717, 1.165) is 69.4 Å². The Bertz CT molecular complexity index is 701. The van der Waals surface area contributed by atoms with Crippen LogP contribution in [0.3, 0.4) is 0 Å². The standard InChI is InChI=1S/C22H35N5O2.HI/c1-18-8-4-5-9-20(18)29-17-10-24-22(23-3)27-15-13-25(14-16-27)19(2)21(28)26-11-6-7-12-26;/h4-5,8-9,19H,6-7,10-17H2,1-3H3,(H,23,24);1H. The van der Waals surface area contributed by atoms with Crippen LogP contribution >= 0.6 is 24.0 Å². The molecule has 1 N–H and O–H groups in total. The van der Waals surface area contributed by atoms with Gasteiger partial charge < -0.3 is 19.9 Å². The van der Waals surface area contributed by atoms with E-state index in [4.69, 9.17) is 4.74 Å². The van der Waals surface area contributed by atoms with Gasteiger partial charge in [-0.1, -0.05) is 18.2 Å². The third-order valence-corrected chi connectivity index (χ3v) is 5.88. The van der Waals surface area contributed by atoms with E-state index in [1.807, 2.05) is 37.1 Å². The third-order valence-electron chi connectivity index (χ3n) is 5.88. The maximum Gasteiger partial charge on any atom is 0.239 e. The molecular formula is C22H36IN5O2. The van der Waals surface area contributed by atoms with Gasteiger partial charge in [0.2, 0.25) is 5.91 Å². The topological polar surface area (TPSA) is 60.4 Å². The summed E-state index contributed by atoms with van der Waals surface area (Å²) in [5, 5.41) is 3.40. The fourth-order valence-corrected chi connectivity index (χ4v) is 4.05. The van der Waals surface area contributed by atoms with Crippen LogP contribution in [0, 0.1) is 6.92 Å². The number of carbonyl (C=O) groups excluding carboxylic acids is 1. The van der Waals surface area contributed by atoms with Gasteiger partial charge in [-0.2, -0.15) is 0 Å². The molecule has 7 nitrogen and oxygen atoms in total. The molecule has 0 aromatic heterocycles. The van der Waals surface area contributed by atoms with Gasteiger partial charge in [0.1, 0.15) is 12.4 Å². The number of aliphatic imine (C=N–C) groups is 1. The lowest BCUT2D eigenvalue weighted by Crippen LogP contribution is -2.57. The van der Waals surface area contributed by atoms with Crippen LogP contribution in [-0.4, -0.2) is 92.1 Å². The monoisotopic (exact) mass is 529 g/mol. The summed E-state index contributed by atoms with van der Waals surface area (Å²) in [6.07, 6.45) is 2.28. The first-order chi connectivity index (χ1) is 14.1. The second-order valence-corrected chi connectivity index (χ2v) is 7.82. The highest BCUT2D eigenvalue weighted by molar-refractivity contribution is 14.0. The second-order valence-electron chi connectivity index (χ2n) is 7.82. The van der Waals surface area contributed by atoms with Crippen molar-refractivity contribution in [2.75, 3.05) is 59.5 Å². The van der Waals surface area contributed by atoms with Crippen molar-refractivity contribution >= 4 is 35.8 Å². The number of guanidine groups is 1. The van der Waals surface area contributed by atoms with Crippen molar-refractivity contribution in [1.29, 1.82) is 0 Å². The summed E-state index contributed by atoms with van der Waals surface area (Å²) in [6, 6.07) is 8.02. The van der Waals surface area contributed by atoms with Gasteiger partial charge in [-0.3, -0.25) is 14.7 Å². The first-order valence-corrected chi connectivity index (χ1v) is 10.8. The van der Waals surface area contributed by atoms with Gasteiger partial charge >= 0.3 is 0 Å². The maximum atomic E-state index is 12.7. The molecule has 2 aliphatic heterocycles. The Morgan fingerprint density at radius 1 is 1.10 bits per heavy atom. The lowest BCUT2D eigenvalue weighted by Gasteiger charge is -2.39. The van der Waals surface area contributed by atoms with E-state index in [2.05, 4.69) is 33.1 Å². The molecule has 2 heterocycles. The van der Waals surface area contributed by atoms with Crippen molar-refractivity contribution in [2.45, 2.75) is 32.7 Å². The average Bonchev–Trinajstić information content (AvgIpc) is 3.29. The van der Waals surface area contributed by atoms with Crippen LogP contribution in [0.25, 0.3) is 0 Å². The molecule has 168 valence electrons. The fourth-order valence-electron chi connectivity index (χ4n) is 4.05. The van der Waals surface area contributed by atoms with Crippen LogP contribution in [0.4, 0.5) is 0 Å². The second kappa shape index (κ2) is 12.3. The van der Waals surface area contributed by atoms with Crippen molar-refractivity contribution in [1.82, 2.24) is 20.0 Å². The van der Waals surface area contributed by atoms with Gasteiger partial charge in [-0.25, -0.2) is 0 Å². The molecule has 1 aromatic carbocycles. The highest BCUT2D eigenvalue weighted by atomic mass is 127.